The highest BCUT2D eigenvalue weighted by Crippen LogP contribution is 2.19. The van der Waals surface area contributed by atoms with Crippen LogP contribution in [0.4, 0.5) is 13.2 Å². The van der Waals surface area contributed by atoms with Crippen molar-refractivity contribution in [2.24, 2.45) is 0 Å². The molecule has 0 bridgehead atoms. The zero-order valence-corrected chi connectivity index (χ0v) is 6.75. The molecule has 1 aromatic rings. The molecule has 13 heavy (non-hydrogen) atoms. The quantitative estimate of drug-likeness (QED) is 0.788. The Bertz CT molecular complexity index is 269. The molecule has 1 N–H and O–H groups in total. The first-order valence-electron chi connectivity index (χ1n) is 3.70. The van der Waals surface area contributed by atoms with Gasteiger partial charge in [0, 0.05) is 18.3 Å². The Labute approximate surface area is 72.8 Å². The van der Waals surface area contributed by atoms with Gasteiger partial charge in [-0.15, -0.1) is 0 Å². The first-order chi connectivity index (χ1) is 6.01. The zero-order chi connectivity index (χ0) is 9.90. The van der Waals surface area contributed by atoms with Crippen LogP contribution in [0.15, 0.2) is 12.4 Å². The second-order valence-electron chi connectivity index (χ2n) is 2.63. The summed E-state index contributed by atoms with van der Waals surface area (Å²) in [4.78, 5) is 0. The van der Waals surface area contributed by atoms with Gasteiger partial charge in [0.05, 0.1) is 19.2 Å². The number of nitrogens with zero attached hydrogens (tertiary/aromatic N) is 2. The molecule has 0 amide bonds. The summed E-state index contributed by atoms with van der Waals surface area (Å²) in [6.07, 6.45) is -2.33. The molecule has 6 heteroatoms. The minimum atomic E-state index is -4.16. The van der Waals surface area contributed by atoms with Crippen molar-refractivity contribution in [3.8, 4) is 0 Å². The molecule has 0 atom stereocenters. The number of aliphatic hydroxyl groups is 1. The molecule has 0 aliphatic rings. The van der Waals surface area contributed by atoms with Gasteiger partial charge in [-0.05, 0) is 0 Å². The van der Waals surface area contributed by atoms with Crippen molar-refractivity contribution in [2.45, 2.75) is 25.7 Å². The Morgan fingerprint density at radius 3 is 2.62 bits per heavy atom. The minimum absolute atomic E-state index is 0.202. The second kappa shape index (κ2) is 3.78. The van der Waals surface area contributed by atoms with Crippen molar-refractivity contribution < 1.29 is 18.3 Å². The van der Waals surface area contributed by atoms with Crippen LogP contribution in [0.25, 0.3) is 0 Å². The van der Waals surface area contributed by atoms with Gasteiger partial charge >= 0.3 is 6.18 Å². The highest BCUT2D eigenvalue weighted by Gasteiger charge is 2.26. The van der Waals surface area contributed by atoms with Crippen LogP contribution in [0.3, 0.4) is 0 Å². The largest absolute Gasteiger partial charge is 0.392 e. The first-order valence-corrected chi connectivity index (χ1v) is 3.70. The average Bonchev–Trinajstić information content (AvgIpc) is 2.47. The highest BCUT2D eigenvalue weighted by atomic mass is 19.4. The van der Waals surface area contributed by atoms with E-state index < -0.39 is 12.6 Å². The summed E-state index contributed by atoms with van der Waals surface area (Å²) in [7, 11) is 0. The fourth-order valence-corrected chi connectivity index (χ4v) is 0.852. The van der Waals surface area contributed by atoms with Gasteiger partial charge in [-0.1, -0.05) is 0 Å². The fraction of sp³-hybridized carbons (Fsp3) is 0.571. The maximum Gasteiger partial charge on any atom is 0.390 e. The van der Waals surface area contributed by atoms with Crippen molar-refractivity contribution in [1.82, 2.24) is 9.78 Å². The van der Waals surface area contributed by atoms with Crippen molar-refractivity contribution in [1.29, 1.82) is 0 Å². The minimum Gasteiger partial charge on any atom is -0.392 e. The van der Waals surface area contributed by atoms with E-state index in [0.717, 1.165) is 0 Å². The monoisotopic (exact) mass is 194 g/mol. The molecule has 1 rings (SSSR count). The van der Waals surface area contributed by atoms with Gasteiger partial charge < -0.3 is 5.11 Å². The summed E-state index contributed by atoms with van der Waals surface area (Å²) in [6, 6.07) is 0. The first kappa shape index (κ1) is 10.0. The van der Waals surface area contributed by atoms with Gasteiger partial charge in [0.25, 0.3) is 0 Å². The van der Waals surface area contributed by atoms with Crippen LogP contribution < -0.4 is 0 Å². The van der Waals surface area contributed by atoms with Crippen LogP contribution in [0.1, 0.15) is 12.0 Å². The molecule has 0 aliphatic heterocycles. The molecule has 0 saturated heterocycles. The molecule has 0 unspecified atom stereocenters. The average molecular weight is 194 g/mol. The van der Waals surface area contributed by atoms with E-state index in [1.54, 1.807) is 0 Å². The van der Waals surface area contributed by atoms with Crippen LogP contribution in [-0.4, -0.2) is 21.1 Å². The van der Waals surface area contributed by atoms with Gasteiger partial charge in [-0.2, -0.15) is 18.3 Å². The van der Waals surface area contributed by atoms with Gasteiger partial charge in [0.15, 0.2) is 0 Å². The number of aliphatic hydroxyl groups excluding tert-OH is 1. The van der Waals surface area contributed by atoms with Crippen molar-refractivity contribution in [3.05, 3.63) is 18.0 Å². The Hall–Kier alpha value is -1.04. The van der Waals surface area contributed by atoms with Crippen molar-refractivity contribution >= 4 is 0 Å². The third-order valence-electron chi connectivity index (χ3n) is 1.49. The lowest BCUT2D eigenvalue weighted by Crippen LogP contribution is -2.12. The Balaban J connectivity index is 2.46. The number of aryl methyl sites for hydroxylation is 1. The van der Waals surface area contributed by atoms with E-state index in [9.17, 15) is 13.2 Å². The molecule has 0 fully saturated rings. The zero-order valence-electron chi connectivity index (χ0n) is 6.75. The van der Waals surface area contributed by atoms with Crippen molar-refractivity contribution in [3.63, 3.8) is 0 Å². The van der Waals surface area contributed by atoms with Gasteiger partial charge in [-0.3, -0.25) is 4.68 Å². The summed E-state index contributed by atoms with van der Waals surface area (Å²) >= 11 is 0. The molecule has 1 heterocycles. The fourth-order valence-electron chi connectivity index (χ4n) is 0.852. The molecule has 0 aliphatic carbocycles. The number of aromatic nitrogens is 2. The van der Waals surface area contributed by atoms with Crippen LogP contribution in [0.5, 0.6) is 0 Å². The number of rotatable bonds is 3. The van der Waals surface area contributed by atoms with Gasteiger partial charge in [-0.25, -0.2) is 0 Å². The number of hydrogen-bond acceptors (Lipinski definition) is 2. The Kier molecular flexibility index (Phi) is 2.92. The maximum absolute atomic E-state index is 11.7. The van der Waals surface area contributed by atoms with Crippen molar-refractivity contribution in [2.75, 3.05) is 0 Å². The van der Waals surface area contributed by atoms with Gasteiger partial charge in [0.1, 0.15) is 0 Å². The molecule has 0 radical (unpaired) electrons. The lowest BCUT2D eigenvalue weighted by molar-refractivity contribution is -0.137. The Morgan fingerprint density at radius 1 is 1.46 bits per heavy atom. The van der Waals surface area contributed by atoms with E-state index in [1.807, 2.05) is 0 Å². The van der Waals surface area contributed by atoms with E-state index in [4.69, 9.17) is 5.11 Å². The third-order valence-corrected chi connectivity index (χ3v) is 1.49. The summed E-state index contributed by atoms with van der Waals surface area (Å²) < 4.78 is 36.4. The molecule has 1 aromatic heterocycles. The van der Waals surface area contributed by atoms with Crippen LogP contribution in [0, 0.1) is 0 Å². The normalized spacial score (nSPS) is 12.0. The van der Waals surface area contributed by atoms with Crippen LogP contribution in [0.2, 0.25) is 0 Å². The predicted molar refractivity (Wildman–Crippen MR) is 38.8 cm³/mol. The lowest BCUT2D eigenvalue weighted by Gasteiger charge is -2.05. The van der Waals surface area contributed by atoms with Crippen LogP contribution in [-0.2, 0) is 13.2 Å². The molecular weight excluding hydrogens is 185 g/mol. The summed E-state index contributed by atoms with van der Waals surface area (Å²) in [5.41, 5.74) is 0.516. The molecular formula is C7H9F3N2O. The summed E-state index contributed by atoms with van der Waals surface area (Å²) in [5.74, 6) is 0. The number of hydrogen-bond donors (Lipinski definition) is 1. The topological polar surface area (TPSA) is 38.1 Å². The molecule has 74 valence electrons. The summed E-state index contributed by atoms with van der Waals surface area (Å²) in [6.45, 7) is -0.407. The highest BCUT2D eigenvalue weighted by molar-refractivity contribution is 5.01. The third kappa shape index (κ3) is 3.45. The van der Waals surface area contributed by atoms with E-state index in [2.05, 4.69) is 5.10 Å². The summed E-state index contributed by atoms with van der Waals surface area (Å²) in [5, 5.41) is 12.3. The van der Waals surface area contributed by atoms with E-state index >= 15 is 0 Å². The van der Waals surface area contributed by atoms with E-state index in [1.165, 1.54) is 17.1 Å². The molecule has 0 spiro atoms. The molecule has 3 nitrogen and oxygen atoms in total. The van der Waals surface area contributed by atoms with E-state index in [0.29, 0.717) is 5.56 Å². The SMILES string of the molecule is OCc1cnn(CCC(F)(F)F)c1. The smallest absolute Gasteiger partial charge is 0.390 e. The van der Waals surface area contributed by atoms with Crippen LogP contribution >= 0.6 is 0 Å². The lowest BCUT2D eigenvalue weighted by atomic mass is 10.4. The van der Waals surface area contributed by atoms with E-state index in [-0.39, 0.29) is 13.2 Å². The number of halogens is 3. The maximum atomic E-state index is 11.7. The Morgan fingerprint density at radius 2 is 2.15 bits per heavy atom. The predicted octanol–water partition coefficient (Wildman–Crippen LogP) is 1.33. The standard InChI is InChI=1S/C7H9F3N2O/c8-7(9,10)1-2-12-4-6(5-13)3-11-12/h3-4,13H,1-2,5H2. The van der Waals surface area contributed by atoms with Gasteiger partial charge in [0.2, 0.25) is 0 Å². The molecule has 0 aromatic carbocycles. The number of alkyl halides is 3. The molecule has 0 saturated carbocycles. The second-order valence-corrected chi connectivity index (χ2v) is 2.63.